The van der Waals surface area contributed by atoms with Gasteiger partial charge in [-0.1, -0.05) is 76.6 Å². The molecule has 2 fully saturated rings. The first kappa shape index (κ1) is 36.0. The summed E-state index contributed by atoms with van der Waals surface area (Å²) in [6.07, 6.45) is 6.50. The molecular formula is C39H46BrN3O7. The molecule has 2 saturated heterocycles. The predicted molar refractivity (Wildman–Crippen MR) is 192 cm³/mol. The number of aliphatic hydroxyl groups excluding tert-OH is 1. The zero-order valence-corrected chi connectivity index (χ0v) is 30.7. The first-order valence-corrected chi connectivity index (χ1v) is 18.3. The van der Waals surface area contributed by atoms with Crippen LogP contribution in [0.1, 0.15) is 61.8 Å². The Bertz CT molecular complexity index is 1680. The number of halogens is 1. The van der Waals surface area contributed by atoms with E-state index in [-0.39, 0.29) is 43.8 Å². The maximum atomic E-state index is 15.2. The number of para-hydroxylation sites is 1. The van der Waals surface area contributed by atoms with Gasteiger partial charge in [-0.25, -0.2) is 0 Å². The van der Waals surface area contributed by atoms with Crippen molar-refractivity contribution in [3.8, 4) is 0 Å². The van der Waals surface area contributed by atoms with Gasteiger partial charge in [-0.2, -0.15) is 0 Å². The molecule has 4 heterocycles. The minimum Gasteiger partial charge on any atom is -0.455 e. The molecule has 6 rings (SSSR count). The van der Waals surface area contributed by atoms with Crippen molar-refractivity contribution in [1.82, 2.24) is 9.80 Å². The molecule has 0 unspecified atom stereocenters. The Labute approximate surface area is 302 Å². The van der Waals surface area contributed by atoms with Crippen LogP contribution in [0.2, 0.25) is 0 Å². The van der Waals surface area contributed by atoms with Gasteiger partial charge >= 0.3 is 5.97 Å². The summed E-state index contributed by atoms with van der Waals surface area (Å²) in [7, 11) is 1.71. The maximum Gasteiger partial charge on any atom is 0.313 e. The number of aryl methyl sites for hydroxylation is 2. The second kappa shape index (κ2) is 14.8. The fourth-order valence-electron chi connectivity index (χ4n) is 8.15. The van der Waals surface area contributed by atoms with Crippen LogP contribution in [0.3, 0.4) is 0 Å². The van der Waals surface area contributed by atoms with Gasteiger partial charge in [0, 0.05) is 43.3 Å². The quantitative estimate of drug-likeness (QED) is 0.237. The van der Waals surface area contributed by atoms with E-state index < -0.39 is 47.7 Å². The van der Waals surface area contributed by atoms with Gasteiger partial charge in [0.2, 0.25) is 11.8 Å². The third-order valence-electron chi connectivity index (χ3n) is 10.8. The number of amides is 3. The fourth-order valence-corrected chi connectivity index (χ4v) is 8.89. The Morgan fingerprint density at radius 3 is 2.34 bits per heavy atom. The van der Waals surface area contributed by atoms with Crippen LogP contribution in [0.5, 0.6) is 0 Å². The molecule has 2 aromatic carbocycles. The molecule has 0 aromatic heterocycles. The van der Waals surface area contributed by atoms with E-state index >= 15 is 4.79 Å². The number of hydrogen-bond acceptors (Lipinski definition) is 7. The van der Waals surface area contributed by atoms with Crippen LogP contribution in [0, 0.1) is 25.7 Å². The molecule has 1 N–H and O–H groups in total. The second-order valence-electron chi connectivity index (χ2n) is 13.9. The minimum atomic E-state index is -1.41. The van der Waals surface area contributed by atoms with Crippen LogP contribution >= 0.6 is 15.9 Å². The molecule has 5 bridgehead atoms. The molecule has 0 radical (unpaired) electrons. The number of cyclic esters (lactones) is 1. The summed E-state index contributed by atoms with van der Waals surface area (Å²) in [4.78, 5) is 62.7. The number of anilines is 1. The van der Waals surface area contributed by atoms with E-state index in [1.807, 2.05) is 87.5 Å². The van der Waals surface area contributed by atoms with Gasteiger partial charge in [0.25, 0.3) is 5.91 Å². The number of nitrogens with zero attached hydrogens (tertiary/aromatic N) is 3. The number of esters is 1. The average molecular weight is 749 g/mol. The monoisotopic (exact) mass is 747 g/mol. The topological polar surface area (TPSA) is 117 Å². The van der Waals surface area contributed by atoms with Crippen LogP contribution in [0.25, 0.3) is 0 Å². The van der Waals surface area contributed by atoms with Crippen molar-refractivity contribution in [3.63, 3.8) is 0 Å². The summed E-state index contributed by atoms with van der Waals surface area (Å²) >= 11 is 3.64. The summed E-state index contributed by atoms with van der Waals surface area (Å²) in [5, 5.41) is 9.44. The van der Waals surface area contributed by atoms with E-state index in [1.54, 1.807) is 21.7 Å². The van der Waals surface area contributed by atoms with E-state index in [4.69, 9.17) is 9.47 Å². The molecule has 4 aliphatic heterocycles. The number of fused-ring (bicyclic) bond motifs is 2. The lowest BCUT2D eigenvalue weighted by atomic mass is 9.74. The largest absolute Gasteiger partial charge is 0.455 e. The molecule has 0 saturated carbocycles. The molecule has 50 heavy (non-hydrogen) atoms. The summed E-state index contributed by atoms with van der Waals surface area (Å²) in [5.41, 5.74) is 1.86. The molecule has 1 spiro atoms. The first-order valence-electron chi connectivity index (χ1n) is 17.5. The second-order valence-corrected chi connectivity index (χ2v) is 14.8. The van der Waals surface area contributed by atoms with E-state index in [2.05, 4.69) is 15.9 Å². The number of carbonyl (C=O) groups is 4. The summed E-state index contributed by atoms with van der Waals surface area (Å²) in [6.45, 7) is 6.27. The van der Waals surface area contributed by atoms with Gasteiger partial charge in [-0.05, 0) is 69.2 Å². The Hall–Kier alpha value is -3.80. The third-order valence-corrected chi connectivity index (χ3v) is 11.4. The van der Waals surface area contributed by atoms with E-state index in [1.165, 1.54) is 0 Å². The van der Waals surface area contributed by atoms with Gasteiger partial charge in [-0.15, -0.1) is 0 Å². The molecule has 11 heteroatoms. The number of hydrogen-bond donors (Lipinski definition) is 1. The summed E-state index contributed by atoms with van der Waals surface area (Å²) < 4.78 is 13.7. The van der Waals surface area contributed by atoms with Crippen LogP contribution in [-0.4, -0.2) is 89.1 Å². The number of unbranched alkanes of at least 4 members (excludes halogenated alkanes) is 2. The SMILES string of the molecule is Cc1cccc(C)c1N1C/C=C\CCC(=O)N(C)[C@@H](C)[C@H](c2ccccc2)OC(=O)[C@H]2[C@@H]3O[C@@]4(C=C3Br)[C@@H]2C(=O)N(CCCCCO)[C@@H]4C1=O. The number of ether oxygens (including phenoxy) is 2. The van der Waals surface area contributed by atoms with E-state index in [0.29, 0.717) is 30.2 Å². The van der Waals surface area contributed by atoms with Crippen molar-refractivity contribution < 1.29 is 33.8 Å². The first-order chi connectivity index (χ1) is 24.0. The van der Waals surface area contributed by atoms with Crippen molar-refractivity contribution in [1.29, 1.82) is 0 Å². The molecule has 266 valence electrons. The van der Waals surface area contributed by atoms with Gasteiger partial charge in [-0.3, -0.25) is 19.2 Å². The van der Waals surface area contributed by atoms with Crippen molar-refractivity contribution in [2.24, 2.45) is 11.8 Å². The Morgan fingerprint density at radius 2 is 1.64 bits per heavy atom. The van der Waals surface area contributed by atoms with E-state index in [9.17, 15) is 19.5 Å². The lowest BCUT2D eigenvalue weighted by Gasteiger charge is -2.36. The highest BCUT2D eigenvalue weighted by atomic mass is 79.9. The highest BCUT2D eigenvalue weighted by molar-refractivity contribution is 9.11. The predicted octanol–water partition coefficient (Wildman–Crippen LogP) is 5.15. The highest BCUT2D eigenvalue weighted by Crippen LogP contribution is 2.59. The van der Waals surface area contributed by atoms with Gasteiger partial charge in [0.15, 0.2) is 0 Å². The van der Waals surface area contributed by atoms with Gasteiger partial charge in [0.1, 0.15) is 29.8 Å². The van der Waals surface area contributed by atoms with Crippen LogP contribution in [-0.2, 0) is 28.7 Å². The number of aliphatic hydroxyl groups is 1. The standard InChI is InChI=1S/C39H46BrN3O7/c1-24-15-14-16-25(2)32(24)42-20-11-6-10-19-29(45)41(4)26(3)33(27-17-8-5-9-18-27)49-38(48)30-31-36(46)43(21-12-7-13-22-44)35(37(42)47)39(31)23-28(40)34(30)50-39/h5-6,8-9,11,14-18,23,26,30-31,33-35,44H,7,10,12-13,19-22H2,1-4H3/b11-6-/t26-,30+,31-,33+,34+,35+,39-/m0/s1. The molecule has 7 atom stereocenters. The fraction of sp³-hybridized carbons (Fsp3) is 0.487. The molecule has 4 aliphatic rings. The lowest BCUT2D eigenvalue weighted by molar-refractivity contribution is -0.164. The maximum absolute atomic E-state index is 15.2. The molecular weight excluding hydrogens is 702 g/mol. The number of benzene rings is 2. The average Bonchev–Trinajstić information content (AvgIpc) is 3.69. The lowest BCUT2D eigenvalue weighted by Crippen LogP contribution is -2.56. The number of rotatable bonds is 7. The zero-order valence-electron chi connectivity index (χ0n) is 29.1. The smallest absolute Gasteiger partial charge is 0.313 e. The third kappa shape index (κ3) is 6.32. The summed E-state index contributed by atoms with van der Waals surface area (Å²) in [5.74, 6) is -3.39. The van der Waals surface area contributed by atoms with E-state index in [0.717, 1.165) is 22.4 Å². The number of allylic oxidation sites excluding steroid dienone is 1. The van der Waals surface area contributed by atoms with Crippen molar-refractivity contribution in [2.45, 2.75) is 82.8 Å². The Balaban J connectivity index is 1.49. The summed E-state index contributed by atoms with van der Waals surface area (Å²) in [6, 6.07) is 13.6. The van der Waals surface area contributed by atoms with Crippen molar-refractivity contribution >= 4 is 45.3 Å². The zero-order chi connectivity index (χ0) is 35.7. The van der Waals surface area contributed by atoms with Crippen LogP contribution in [0.15, 0.2) is 71.2 Å². The number of likely N-dealkylation sites (N-methyl/N-ethyl adjacent to an activating group) is 1. The molecule has 2 aromatic rings. The normalized spacial score (nSPS) is 30.8. The van der Waals surface area contributed by atoms with Crippen LogP contribution in [0.4, 0.5) is 5.69 Å². The highest BCUT2D eigenvalue weighted by Gasteiger charge is 2.75. The Morgan fingerprint density at radius 1 is 0.920 bits per heavy atom. The van der Waals surface area contributed by atoms with Gasteiger partial charge in [0.05, 0.1) is 12.0 Å². The van der Waals surface area contributed by atoms with Gasteiger partial charge < -0.3 is 29.3 Å². The molecule has 3 amide bonds. The molecule has 10 nitrogen and oxygen atoms in total. The molecule has 0 aliphatic carbocycles. The minimum absolute atomic E-state index is 0.0335. The number of carbonyl (C=O) groups excluding carboxylic acids is 4. The van der Waals surface area contributed by atoms with Crippen molar-refractivity contribution in [2.75, 3.05) is 31.6 Å². The number of likely N-dealkylation sites (tertiary alicyclic amines) is 1. The van der Waals surface area contributed by atoms with Crippen molar-refractivity contribution in [3.05, 3.63) is 87.9 Å². The van der Waals surface area contributed by atoms with Crippen LogP contribution < -0.4 is 4.90 Å². The Kier molecular flexibility index (Phi) is 10.7.